The van der Waals surface area contributed by atoms with Crippen LogP contribution in [0.15, 0.2) is 24.5 Å². The van der Waals surface area contributed by atoms with Crippen molar-refractivity contribution < 1.29 is 9.47 Å². The van der Waals surface area contributed by atoms with Crippen LogP contribution >= 0.6 is 0 Å². The van der Waals surface area contributed by atoms with E-state index in [0.717, 1.165) is 19.6 Å². The van der Waals surface area contributed by atoms with Crippen molar-refractivity contribution in [1.29, 1.82) is 0 Å². The number of nitrogens with zero attached hydrogens (tertiary/aromatic N) is 1. The predicted octanol–water partition coefficient (Wildman–Crippen LogP) is 1.79. The Kier molecular flexibility index (Phi) is 7.54. The van der Waals surface area contributed by atoms with Gasteiger partial charge in [0.2, 0.25) is 0 Å². The number of aromatic nitrogens is 1. The summed E-state index contributed by atoms with van der Waals surface area (Å²) in [5, 5.41) is 3.45. The van der Waals surface area contributed by atoms with Gasteiger partial charge in [-0.15, -0.1) is 0 Å². The molecule has 0 fully saturated rings. The van der Waals surface area contributed by atoms with Gasteiger partial charge in [-0.25, -0.2) is 0 Å². The quantitative estimate of drug-likeness (QED) is 0.666. The Labute approximate surface area is 103 Å². The van der Waals surface area contributed by atoms with Crippen molar-refractivity contribution in [1.82, 2.24) is 10.3 Å². The van der Waals surface area contributed by atoms with Crippen LogP contribution in [0.4, 0.5) is 0 Å². The molecular formula is C13H22N2O2. The molecule has 1 N–H and O–H groups in total. The second-order valence-electron chi connectivity index (χ2n) is 3.92. The average Bonchev–Trinajstić information content (AvgIpc) is 2.38. The molecule has 0 saturated heterocycles. The van der Waals surface area contributed by atoms with Crippen molar-refractivity contribution in [2.75, 3.05) is 33.5 Å². The van der Waals surface area contributed by atoms with Gasteiger partial charge in [-0.3, -0.25) is 4.98 Å². The highest BCUT2D eigenvalue weighted by molar-refractivity contribution is 5.13. The summed E-state index contributed by atoms with van der Waals surface area (Å²) in [6, 6.07) is 4.43. The molecule has 4 heteroatoms. The van der Waals surface area contributed by atoms with E-state index < -0.39 is 0 Å². The highest BCUT2D eigenvalue weighted by atomic mass is 16.5. The molecule has 0 amide bonds. The van der Waals surface area contributed by atoms with Gasteiger partial charge in [0.05, 0.1) is 13.2 Å². The first-order chi connectivity index (χ1) is 8.34. The van der Waals surface area contributed by atoms with Crippen LogP contribution in [0.2, 0.25) is 0 Å². The van der Waals surface area contributed by atoms with Crippen LogP contribution in [0.3, 0.4) is 0 Å². The minimum Gasteiger partial charge on any atom is -0.382 e. The number of ether oxygens (including phenoxy) is 2. The summed E-state index contributed by atoms with van der Waals surface area (Å²) in [5.41, 5.74) is 1.26. The summed E-state index contributed by atoms with van der Waals surface area (Å²) in [6.07, 6.45) is 4.65. The zero-order chi connectivity index (χ0) is 12.3. The van der Waals surface area contributed by atoms with E-state index in [1.165, 1.54) is 5.56 Å². The molecule has 4 nitrogen and oxygen atoms in total. The summed E-state index contributed by atoms with van der Waals surface area (Å²) in [5.74, 6) is 0. The zero-order valence-corrected chi connectivity index (χ0v) is 10.7. The van der Waals surface area contributed by atoms with Gasteiger partial charge < -0.3 is 14.8 Å². The molecule has 17 heavy (non-hydrogen) atoms. The van der Waals surface area contributed by atoms with Crippen molar-refractivity contribution in [3.63, 3.8) is 0 Å². The van der Waals surface area contributed by atoms with E-state index in [-0.39, 0.29) is 0 Å². The number of nitrogens with one attached hydrogen (secondary N) is 1. The Hall–Kier alpha value is -0.970. The lowest BCUT2D eigenvalue weighted by Gasteiger charge is -2.13. The number of pyridine rings is 1. The maximum absolute atomic E-state index is 5.39. The molecule has 96 valence electrons. The predicted molar refractivity (Wildman–Crippen MR) is 68.0 cm³/mol. The van der Waals surface area contributed by atoms with E-state index in [2.05, 4.69) is 17.2 Å². The first-order valence-electron chi connectivity index (χ1n) is 6.04. The Morgan fingerprint density at radius 1 is 1.24 bits per heavy atom. The number of methoxy groups -OCH3 is 1. The monoisotopic (exact) mass is 238 g/mol. The van der Waals surface area contributed by atoms with Gasteiger partial charge in [0.25, 0.3) is 0 Å². The Balaban J connectivity index is 2.03. The Morgan fingerprint density at radius 2 is 2.00 bits per heavy atom. The molecule has 1 aromatic heterocycles. The fourth-order valence-electron chi connectivity index (χ4n) is 1.51. The van der Waals surface area contributed by atoms with E-state index >= 15 is 0 Å². The zero-order valence-electron chi connectivity index (χ0n) is 10.7. The third-order valence-electron chi connectivity index (χ3n) is 2.55. The minimum atomic E-state index is 0.358. The van der Waals surface area contributed by atoms with Crippen LogP contribution in [0.25, 0.3) is 0 Å². The fraction of sp³-hybridized carbons (Fsp3) is 0.615. The summed E-state index contributed by atoms with van der Waals surface area (Å²) >= 11 is 0. The van der Waals surface area contributed by atoms with Gasteiger partial charge in [-0.1, -0.05) is 0 Å². The molecule has 0 radical (unpaired) electrons. The van der Waals surface area contributed by atoms with E-state index in [9.17, 15) is 0 Å². The molecule has 0 aliphatic heterocycles. The average molecular weight is 238 g/mol. The highest BCUT2D eigenvalue weighted by Crippen LogP contribution is 2.09. The molecular weight excluding hydrogens is 216 g/mol. The van der Waals surface area contributed by atoms with Crippen molar-refractivity contribution in [3.8, 4) is 0 Å². The second-order valence-corrected chi connectivity index (χ2v) is 3.92. The molecule has 1 heterocycles. The first-order valence-corrected chi connectivity index (χ1v) is 6.04. The fourth-order valence-corrected chi connectivity index (χ4v) is 1.51. The van der Waals surface area contributed by atoms with Crippen molar-refractivity contribution in [3.05, 3.63) is 30.1 Å². The van der Waals surface area contributed by atoms with Crippen molar-refractivity contribution in [2.45, 2.75) is 19.4 Å². The molecule has 0 aliphatic rings. The van der Waals surface area contributed by atoms with Crippen LogP contribution < -0.4 is 5.32 Å². The molecule has 1 atom stereocenters. The lowest BCUT2D eigenvalue weighted by Crippen LogP contribution is -2.21. The molecule has 0 unspecified atom stereocenters. The van der Waals surface area contributed by atoms with E-state index in [4.69, 9.17) is 9.47 Å². The van der Waals surface area contributed by atoms with Crippen LogP contribution in [0.5, 0.6) is 0 Å². The van der Waals surface area contributed by atoms with Gasteiger partial charge >= 0.3 is 0 Å². The third-order valence-corrected chi connectivity index (χ3v) is 2.55. The summed E-state index contributed by atoms with van der Waals surface area (Å²) in [7, 11) is 1.68. The molecule has 0 spiro atoms. The van der Waals surface area contributed by atoms with Crippen LogP contribution in [0, 0.1) is 0 Å². The van der Waals surface area contributed by atoms with E-state index in [0.29, 0.717) is 19.3 Å². The van der Waals surface area contributed by atoms with Gasteiger partial charge in [-0.2, -0.15) is 0 Å². The lowest BCUT2D eigenvalue weighted by atomic mass is 10.1. The van der Waals surface area contributed by atoms with Crippen molar-refractivity contribution >= 4 is 0 Å². The molecule has 0 aromatic carbocycles. The maximum atomic E-state index is 5.39. The van der Waals surface area contributed by atoms with Gasteiger partial charge in [-0.05, 0) is 37.6 Å². The molecule has 1 rings (SSSR count). The van der Waals surface area contributed by atoms with Crippen LogP contribution in [-0.2, 0) is 9.47 Å². The smallest absolute Gasteiger partial charge is 0.0700 e. The number of rotatable bonds is 9. The van der Waals surface area contributed by atoms with Gasteiger partial charge in [0, 0.05) is 32.2 Å². The highest BCUT2D eigenvalue weighted by Gasteiger charge is 2.02. The van der Waals surface area contributed by atoms with E-state index in [1.54, 1.807) is 7.11 Å². The van der Waals surface area contributed by atoms with Crippen LogP contribution in [-0.4, -0.2) is 38.5 Å². The Bertz CT molecular complexity index is 280. The van der Waals surface area contributed by atoms with Gasteiger partial charge in [0.1, 0.15) is 0 Å². The summed E-state index contributed by atoms with van der Waals surface area (Å²) < 4.78 is 10.3. The number of hydrogen-bond acceptors (Lipinski definition) is 4. The Morgan fingerprint density at radius 3 is 2.71 bits per heavy atom. The van der Waals surface area contributed by atoms with E-state index in [1.807, 2.05) is 24.5 Å². The molecule has 0 bridgehead atoms. The standard InChI is InChI=1S/C13H22N2O2/c1-12(13-4-7-14-8-5-13)15-6-3-9-17-11-10-16-2/h4-5,7-8,12,15H,3,6,9-11H2,1-2H3/t12-/m0/s1. The topological polar surface area (TPSA) is 43.4 Å². The summed E-state index contributed by atoms with van der Waals surface area (Å²) in [4.78, 5) is 4.01. The second kappa shape index (κ2) is 9.10. The molecule has 0 saturated carbocycles. The number of hydrogen-bond donors (Lipinski definition) is 1. The lowest BCUT2D eigenvalue weighted by molar-refractivity contribution is 0.0693. The maximum Gasteiger partial charge on any atom is 0.0700 e. The van der Waals surface area contributed by atoms with Crippen molar-refractivity contribution in [2.24, 2.45) is 0 Å². The summed E-state index contributed by atoms with van der Waals surface area (Å²) in [6.45, 7) is 5.23. The first kappa shape index (κ1) is 14.1. The van der Waals surface area contributed by atoms with Crippen LogP contribution in [0.1, 0.15) is 24.9 Å². The third kappa shape index (κ3) is 6.36. The normalized spacial score (nSPS) is 12.6. The minimum absolute atomic E-state index is 0.358. The molecule has 0 aliphatic carbocycles. The SMILES string of the molecule is COCCOCCCN[C@@H](C)c1ccncc1. The van der Waals surface area contributed by atoms with Gasteiger partial charge in [0.15, 0.2) is 0 Å². The molecule has 1 aromatic rings. The largest absolute Gasteiger partial charge is 0.382 e.